The smallest absolute Gasteiger partial charge is 0.0398 e. The summed E-state index contributed by atoms with van der Waals surface area (Å²) >= 11 is 5.29. The van der Waals surface area contributed by atoms with Crippen LogP contribution in [-0.2, 0) is 0 Å². The van der Waals surface area contributed by atoms with E-state index in [2.05, 4.69) is 60.1 Å². The quantitative estimate of drug-likeness (QED) is 0.535. The van der Waals surface area contributed by atoms with E-state index in [-0.39, 0.29) is 0 Å². The first-order valence-corrected chi connectivity index (χ1v) is 6.57. The predicted molar refractivity (Wildman–Crippen MR) is 75.9 cm³/mol. The highest BCUT2D eigenvalue weighted by Gasteiger charge is 2.09. The number of thiophene rings is 1. The lowest BCUT2D eigenvalue weighted by Crippen LogP contribution is -1.74. The van der Waals surface area contributed by atoms with Gasteiger partial charge in [0.2, 0.25) is 0 Å². The summed E-state index contributed by atoms with van der Waals surface area (Å²) in [5.41, 5.74) is 2.16. The van der Waals surface area contributed by atoms with Crippen molar-refractivity contribution >= 4 is 47.4 Å². The minimum Gasteiger partial charge on any atom is -0.135 e. The molecular weight excluding hydrogens is 280 g/mol. The Morgan fingerprint density at radius 1 is 0.938 bits per heavy atom. The van der Waals surface area contributed by atoms with Gasteiger partial charge in [0.05, 0.1) is 0 Å². The molecule has 0 saturated carbocycles. The minimum absolute atomic E-state index is 1.07. The molecule has 0 aliphatic rings. The Labute approximate surface area is 107 Å². The summed E-state index contributed by atoms with van der Waals surface area (Å²) in [5.74, 6) is 0. The summed E-state index contributed by atoms with van der Waals surface area (Å²) in [7, 11) is 0. The zero-order chi connectivity index (χ0) is 11.3. The lowest BCUT2D eigenvalue weighted by Gasteiger charge is -1.98. The largest absolute Gasteiger partial charge is 0.135 e. The summed E-state index contributed by atoms with van der Waals surface area (Å²) in [6.07, 6.45) is 0. The van der Waals surface area contributed by atoms with E-state index >= 15 is 0 Å². The molecule has 0 N–H and O–H groups in total. The Morgan fingerprint density at radius 3 is 2.50 bits per heavy atom. The van der Waals surface area contributed by atoms with E-state index < -0.39 is 0 Å². The highest BCUT2D eigenvalue weighted by Crippen LogP contribution is 2.39. The molecule has 0 spiro atoms. The van der Waals surface area contributed by atoms with E-state index in [0.717, 1.165) is 15.6 Å². The van der Waals surface area contributed by atoms with E-state index in [9.17, 15) is 0 Å². The van der Waals surface area contributed by atoms with Crippen molar-refractivity contribution in [2.75, 3.05) is 0 Å². The maximum atomic E-state index is 4.12. The Kier molecular flexibility index (Phi) is 2.30. The summed E-state index contributed by atoms with van der Waals surface area (Å²) in [6.45, 7) is 8.19. The standard InChI is InChI=1S/C14H9BrS/c1-8-4-3-5-10-11-6-7-12(15)9(2)14(11)16-13(8)10/h3-7H,1-2H2. The van der Waals surface area contributed by atoms with Crippen molar-refractivity contribution in [2.45, 2.75) is 0 Å². The molecule has 0 atom stereocenters. The molecule has 78 valence electrons. The molecule has 0 nitrogen and oxygen atoms in total. The maximum absolute atomic E-state index is 4.12. The van der Waals surface area contributed by atoms with Crippen molar-refractivity contribution in [2.24, 2.45) is 0 Å². The molecule has 3 rings (SSSR count). The van der Waals surface area contributed by atoms with Gasteiger partial charge in [-0.3, -0.25) is 0 Å². The first-order chi connectivity index (χ1) is 7.68. The minimum atomic E-state index is 1.07. The molecule has 2 heteroatoms. The SMILES string of the molecule is [CH2]c1cccc2c1sc1c([CH2])c(Br)ccc12. The maximum Gasteiger partial charge on any atom is 0.0398 e. The second-order valence-corrected chi connectivity index (χ2v) is 5.67. The average molecular weight is 289 g/mol. The third-order valence-electron chi connectivity index (χ3n) is 2.79. The highest BCUT2D eigenvalue weighted by atomic mass is 79.9. The molecule has 2 aromatic carbocycles. The van der Waals surface area contributed by atoms with Gasteiger partial charge in [0.15, 0.2) is 0 Å². The molecular formula is C14H9BrS. The molecule has 3 aromatic rings. The van der Waals surface area contributed by atoms with Crippen LogP contribution in [0.2, 0.25) is 0 Å². The van der Waals surface area contributed by atoms with Crippen LogP contribution in [0.4, 0.5) is 0 Å². The van der Waals surface area contributed by atoms with Crippen molar-refractivity contribution in [1.82, 2.24) is 0 Å². The van der Waals surface area contributed by atoms with E-state index in [1.54, 1.807) is 11.3 Å². The molecule has 1 aromatic heterocycles. The number of rotatable bonds is 0. The fraction of sp³-hybridized carbons (Fsp3) is 0. The van der Waals surface area contributed by atoms with Gasteiger partial charge < -0.3 is 0 Å². The van der Waals surface area contributed by atoms with Gasteiger partial charge in [-0.05, 0) is 31.0 Å². The van der Waals surface area contributed by atoms with Crippen molar-refractivity contribution in [3.05, 3.63) is 59.8 Å². The summed E-state index contributed by atoms with van der Waals surface area (Å²) in [6, 6.07) is 10.5. The molecule has 0 unspecified atom stereocenters. The number of fused-ring (bicyclic) bond motifs is 3. The first-order valence-electron chi connectivity index (χ1n) is 4.96. The van der Waals surface area contributed by atoms with Crippen molar-refractivity contribution in [1.29, 1.82) is 0 Å². The second-order valence-electron chi connectivity index (χ2n) is 3.80. The fourth-order valence-corrected chi connectivity index (χ4v) is 3.63. The van der Waals surface area contributed by atoms with Gasteiger partial charge in [0, 0.05) is 24.6 Å². The van der Waals surface area contributed by atoms with Crippen LogP contribution in [0.25, 0.3) is 20.2 Å². The average Bonchev–Trinajstić information content (AvgIpc) is 2.65. The second kappa shape index (κ2) is 3.57. The van der Waals surface area contributed by atoms with Crippen LogP contribution in [0.1, 0.15) is 11.1 Å². The third-order valence-corrected chi connectivity index (χ3v) is 4.89. The molecule has 2 radical (unpaired) electrons. The molecule has 0 aliphatic heterocycles. The van der Waals surface area contributed by atoms with Gasteiger partial charge in [0.25, 0.3) is 0 Å². The van der Waals surface area contributed by atoms with Crippen LogP contribution < -0.4 is 0 Å². The third kappa shape index (κ3) is 1.33. The summed E-state index contributed by atoms with van der Waals surface area (Å²) in [5, 5.41) is 2.56. The molecule has 0 bridgehead atoms. The molecule has 0 saturated heterocycles. The Morgan fingerprint density at radius 2 is 1.69 bits per heavy atom. The van der Waals surface area contributed by atoms with Crippen LogP contribution in [-0.4, -0.2) is 0 Å². The Bertz CT molecular complexity index is 695. The number of halogens is 1. The lowest BCUT2D eigenvalue weighted by molar-refractivity contribution is 1.67. The molecule has 0 fully saturated rings. The van der Waals surface area contributed by atoms with E-state index in [1.165, 1.54) is 20.2 Å². The van der Waals surface area contributed by atoms with Crippen LogP contribution in [0.3, 0.4) is 0 Å². The van der Waals surface area contributed by atoms with Gasteiger partial charge >= 0.3 is 0 Å². The van der Waals surface area contributed by atoms with Gasteiger partial charge in [-0.1, -0.05) is 40.2 Å². The number of hydrogen-bond donors (Lipinski definition) is 0. The van der Waals surface area contributed by atoms with Crippen molar-refractivity contribution < 1.29 is 0 Å². The summed E-state index contributed by atoms with van der Waals surface area (Å²) in [4.78, 5) is 0. The van der Waals surface area contributed by atoms with E-state index in [4.69, 9.17) is 0 Å². The van der Waals surface area contributed by atoms with Crippen LogP contribution in [0.15, 0.2) is 34.8 Å². The lowest BCUT2D eigenvalue weighted by atomic mass is 10.1. The monoisotopic (exact) mass is 288 g/mol. The number of hydrogen-bond acceptors (Lipinski definition) is 1. The zero-order valence-corrected chi connectivity index (χ0v) is 11.0. The van der Waals surface area contributed by atoms with Crippen LogP contribution in [0, 0.1) is 13.8 Å². The van der Waals surface area contributed by atoms with Gasteiger partial charge in [0.1, 0.15) is 0 Å². The Balaban J connectivity index is 2.60. The molecule has 0 aliphatic carbocycles. The number of benzene rings is 2. The van der Waals surface area contributed by atoms with Crippen LogP contribution >= 0.6 is 27.3 Å². The predicted octanol–water partition coefficient (Wildman–Crippen LogP) is 5.18. The zero-order valence-electron chi connectivity index (χ0n) is 8.59. The fourth-order valence-electron chi connectivity index (χ4n) is 1.95. The Hall–Kier alpha value is -0.860. The van der Waals surface area contributed by atoms with Gasteiger partial charge in [-0.25, -0.2) is 0 Å². The van der Waals surface area contributed by atoms with E-state index in [1.807, 2.05) is 0 Å². The van der Waals surface area contributed by atoms with Gasteiger partial charge in [-0.2, -0.15) is 0 Å². The van der Waals surface area contributed by atoms with Crippen molar-refractivity contribution in [3.8, 4) is 0 Å². The van der Waals surface area contributed by atoms with E-state index in [0.29, 0.717) is 0 Å². The van der Waals surface area contributed by atoms with Gasteiger partial charge in [-0.15, -0.1) is 11.3 Å². The van der Waals surface area contributed by atoms with Crippen molar-refractivity contribution in [3.63, 3.8) is 0 Å². The summed E-state index contributed by atoms with van der Waals surface area (Å²) < 4.78 is 3.58. The molecule has 1 heterocycles. The topological polar surface area (TPSA) is 0 Å². The molecule has 16 heavy (non-hydrogen) atoms. The normalized spacial score (nSPS) is 11.4. The first kappa shape index (κ1) is 10.3. The highest BCUT2D eigenvalue weighted by molar-refractivity contribution is 9.10. The molecule has 0 amide bonds. The van der Waals surface area contributed by atoms with Crippen LogP contribution in [0.5, 0.6) is 0 Å².